The van der Waals surface area contributed by atoms with Crippen LogP contribution in [0.25, 0.3) is 0 Å². The van der Waals surface area contributed by atoms with E-state index >= 15 is 0 Å². The SMILES string of the molecule is O=C1CCc2cc(OC3CCCNC3)c([N+](=O)[O-])cc2N1. The number of hydrogen-bond acceptors (Lipinski definition) is 5. The zero-order valence-electron chi connectivity index (χ0n) is 11.6. The maximum Gasteiger partial charge on any atom is 0.313 e. The molecule has 1 amide bonds. The monoisotopic (exact) mass is 291 g/mol. The largest absolute Gasteiger partial charge is 0.482 e. The lowest BCUT2D eigenvalue weighted by atomic mass is 10.0. The van der Waals surface area contributed by atoms with E-state index in [1.807, 2.05) is 0 Å². The molecule has 2 aliphatic rings. The fourth-order valence-corrected chi connectivity index (χ4v) is 2.73. The van der Waals surface area contributed by atoms with Crippen molar-refractivity contribution >= 4 is 17.3 Å². The summed E-state index contributed by atoms with van der Waals surface area (Å²) in [7, 11) is 0. The molecule has 2 aliphatic heterocycles. The van der Waals surface area contributed by atoms with Gasteiger partial charge in [-0.15, -0.1) is 0 Å². The summed E-state index contributed by atoms with van der Waals surface area (Å²) in [6.07, 6.45) is 2.82. The third-order valence-electron chi connectivity index (χ3n) is 3.82. The lowest BCUT2D eigenvalue weighted by Gasteiger charge is -2.25. The highest BCUT2D eigenvalue weighted by Gasteiger charge is 2.25. The van der Waals surface area contributed by atoms with Gasteiger partial charge < -0.3 is 15.4 Å². The number of hydrogen-bond donors (Lipinski definition) is 2. The quantitative estimate of drug-likeness (QED) is 0.652. The molecule has 112 valence electrons. The molecule has 1 fully saturated rings. The van der Waals surface area contributed by atoms with Crippen molar-refractivity contribution in [1.29, 1.82) is 0 Å². The van der Waals surface area contributed by atoms with Crippen molar-refractivity contribution in [2.75, 3.05) is 18.4 Å². The van der Waals surface area contributed by atoms with Crippen LogP contribution in [0.15, 0.2) is 12.1 Å². The van der Waals surface area contributed by atoms with Gasteiger partial charge in [0.1, 0.15) is 6.10 Å². The molecule has 0 saturated carbocycles. The molecule has 1 aromatic rings. The van der Waals surface area contributed by atoms with Gasteiger partial charge in [-0.25, -0.2) is 0 Å². The summed E-state index contributed by atoms with van der Waals surface area (Å²) in [5.41, 5.74) is 1.31. The molecular weight excluding hydrogens is 274 g/mol. The first-order valence-electron chi connectivity index (χ1n) is 7.12. The van der Waals surface area contributed by atoms with Crippen LogP contribution in [0.3, 0.4) is 0 Å². The summed E-state index contributed by atoms with van der Waals surface area (Å²) in [5.74, 6) is 0.186. The number of nitro benzene ring substituents is 1. The highest BCUT2D eigenvalue weighted by Crippen LogP contribution is 2.36. The Morgan fingerprint density at radius 1 is 1.33 bits per heavy atom. The van der Waals surface area contributed by atoms with Crippen LogP contribution >= 0.6 is 0 Å². The maximum absolute atomic E-state index is 11.4. The predicted molar refractivity (Wildman–Crippen MR) is 76.6 cm³/mol. The molecular formula is C14H17N3O4. The molecule has 1 saturated heterocycles. The summed E-state index contributed by atoms with van der Waals surface area (Å²) >= 11 is 0. The summed E-state index contributed by atoms with van der Waals surface area (Å²) in [6, 6.07) is 3.10. The van der Waals surface area contributed by atoms with Crippen LogP contribution in [-0.4, -0.2) is 30.0 Å². The standard InChI is InChI=1S/C14H17N3O4/c18-14-4-3-9-6-13(21-10-2-1-5-15-8-10)12(17(19)20)7-11(9)16-14/h6-7,10,15H,1-5,8H2,(H,16,18). The first kappa shape index (κ1) is 13.8. The maximum atomic E-state index is 11.4. The Labute approximate surface area is 121 Å². The summed E-state index contributed by atoms with van der Waals surface area (Å²) in [5, 5.41) is 17.1. The van der Waals surface area contributed by atoms with Crippen molar-refractivity contribution in [2.24, 2.45) is 0 Å². The Balaban J connectivity index is 1.90. The number of ether oxygens (including phenoxy) is 1. The van der Waals surface area contributed by atoms with E-state index in [-0.39, 0.29) is 17.7 Å². The molecule has 1 unspecified atom stereocenters. The molecule has 0 spiro atoms. The Kier molecular flexibility index (Phi) is 3.74. The number of nitro groups is 1. The van der Waals surface area contributed by atoms with Crippen molar-refractivity contribution in [3.63, 3.8) is 0 Å². The van der Waals surface area contributed by atoms with E-state index in [2.05, 4.69) is 10.6 Å². The number of fused-ring (bicyclic) bond motifs is 1. The number of aryl methyl sites for hydroxylation is 1. The van der Waals surface area contributed by atoms with E-state index in [1.165, 1.54) is 6.07 Å². The fourth-order valence-electron chi connectivity index (χ4n) is 2.73. The van der Waals surface area contributed by atoms with Crippen LogP contribution in [0.5, 0.6) is 5.75 Å². The molecule has 7 heteroatoms. The van der Waals surface area contributed by atoms with Crippen LogP contribution in [-0.2, 0) is 11.2 Å². The van der Waals surface area contributed by atoms with E-state index in [1.54, 1.807) is 6.07 Å². The van der Waals surface area contributed by atoms with Crippen molar-refractivity contribution in [3.8, 4) is 5.75 Å². The first-order valence-corrected chi connectivity index (χ1v) is 7.12. The highest BCUT2D eigenvalue weighted by atomic mass is 16.6. The molecule has 1 atom stereocenters. The minimum absolute atomic E-state index is 0.0475. The average Bonchev–Trinajstić information content (AvgIpc) is 2.47. The fraction of sp³-hybridized carbons (Fsp3) is 0.500. The molecule has 7 nitrogen and oxygen atoms in total. The van der Waals surface area contributed by atoms with Gasteiger partial charge >= 0.3 is 5.69 Å². The molecule has 0 aromatic heterocycles. The third-order valence-corrected chi connectivity index (χ3v) is 3.82. The second-order valence-electron chi connectivity index (χ2n) is 5.37. The van der Waals surface area contributed by atoms with Crippen LogP contribution in [0.2, 0.25) is 0 Å². The van der Waals surface area contributed by atoms with Gasteiger partial charge in [0, 0.05) is 19.0 Å². The van der Waals surface area contributed by atoms with Crippen molar-refractivity contribution in [2.45, 2.75) is 31.8 Å². The van der Waals surface area contributed by atoms with Crippen molar-refractivity contribution < 1.29 is 14.5 Å². The molecule has 2 heterocycles. The van der Waals surface area contributed by atoms with Gasteiger partial charge in [0.25, 0.3) is 0 Å². The topological polar surface area (TPSA) is 93.5 Å². The molecule has 2 N–H and O–H groups in total. The average molecular weight is 291 g/mol. The number of piperidine rings is 1. The number of nitrogens with zero attached hydrogens (tertiary/aromatic N) is 1. The Morgan fingerprint density at radius 3 is 2.90 bits per heavy atom. The summed E-state index contributed by atoms with van der Waals surface area (Å²) in [4.78, 5) is 22.2. The van der Waals surface area contributed by atoms with Gasteiger partial charge in [-0.3, -0.25) is 14.9 Å². The number of benzene rings is 1. The molecule has 0 radical (unpaired) electrons. The van der Waals surface area contributed by atoms with E-state index in [9.17, 15) is 14.9 Å². The van der Waals surface area contributed by atoms with E-state index in [4.69, 9.17) is 4.74 Å². The van der Waals surface area contributed by atoms with E-state index in [0.29, 0.717) is 30.8 Å². The molecule has 1 aromatic carbocycles. The van der Waals surface area contributed by atoms with E-state index in [0.717, 1.165) is 24.9 Å². The highest BCUT2D eigenvalue weighted by molar-refractivity contribution is 5.94. The lowest BCUT2D eigenvalue weighted by Crippen LogP contribution is -2.37. The van der Waals surface area contributed by atoms with Gasteiger partial charge in [0.05, 0.1) is 10.6 Å². The van der Waals surface area contributed by atoms with Crippen LogP contribution < -0.4 is 15.4 Å². The number of carbonyl (C=O) groups is 1. The van der Waals surface area contributed by atoms with E-state index < -0.39 is 4.92 Å². The lowest BCUT2D eigenvalue weighted by molar-refractivity contribution is -0.386. The zero-order chi connectivity index (χ0) is 14.8. The summed E-state index contributed by atoms with van der Waals surface area (Å²) < 4.78 is 5.82. The minimum Gasteiger partial charge on any atom is -0.482 e. The number of carbonyl (C=O) groups excluding carboxylic acids is 1. The molecule has 21 heavy (non-hydrogen) atoms. The zero-order valence-corrected chi connectivity index (χ0v) is 11.6. The Morgan fingerprint density at radius 2 is 2.19 bits per heavy atom. The Hall–Kier alpha value is -2.15. The predicted octanol–water partition coefficient (Wildman–Crippen LogP) is 1.61. The first-order chi connectivity index (χ1) is 10.1. The third kappa shape index (κ3) is 2.97. The van der Waals surface area contributed by atoms with Crippen LogP contribution in [0.4, 0.5) is 11.4 Å². The number of amides is 1. The van der Waals surface area contributed by atoms with Crippen molar-refractivity contribution in [1.82, 2.24) is 5.32 Å². The Bertz CT molecular complexity index is 582. The van der Waals surface area contributed by atoms with Crippen LogP contribution in [0.1, 0.15) is 24.8 Å². The number of anilines is 1. The number of nitrogens with one attached hydrogen (secondary N) is 2. The summed E-state index contributed by atoms with van der Waals surface area (Å²) in [6.45, 7) is 1.66. The second-order valence-corrected chi connectivity index (χ2v) is 5.37. The van der Waals surface area contributed by atoms with Gasteiger partial charge in [-0.1, -0.05) is 0 Å². The van der Waals surface area contributed by atoms with Gasteiger partial charge in [-0.2, -0.15) is 0 Å². The van der Waals surface area contributed by atoms with Gasteiger partial charge in [0.15, 0.2) is 5.75 Å². The normalized spacial score (nSPS) is 21.3. The smallest absolute Gasteiger partial charge is 0.313 e. The van der Waals surface area contributed by atoms with Crippen LogP contribution in [0, 0.1) is 10.1 Å². The van der Waals surface area contributed by atoms with Crippen molar-refractivity contribution in [3.05, 3.63) is 27.8 Å². The molecule has 3 rings (SSSR count). The van der Waals surface area contributed by atoms with Gasteiger partial charge in [0.2, 0.25) is 5.91 Å². The molecule has 0 bridgehead atoms. The number of rotatable bonds is 3. The second kappa shape index (κ2) is 5.69. The molecule has 0 aliphatic carbocycles. The van der Waals surface area contributed by atoms with Gasteiger partial charge in [-0.05, 0) is 37.4 Å². The minimum atomic E-state index is -0.466.